The van der Waals surface area contributed by atoms with Crippen LogP contribution in [0.1, 0.15) is 45.4 Å². The number of allylic oxidation sites excluding steroid dienone is 2. The maximum atomic E-state index is 9.14. The summed E-state index contributed by atoms with van der Waals surface area (Å²) in [5, 5.41) is 18.3. The summed E-state index contributed by atoms with van der Waals surface area (Å²) in [5.41, 5.74) is 0. The third-order valence-electron chi connectivity index (χ3n) is 3.82. The SMILES string of the molecule is CCC/C=C/C1CCC(C(CO)CO)CC1. The van der Waals surface area contributed by atoms with Gasteiger partial charge in [-0.2, -0.15) is 0 Å². The lowest BCUT2D eigenvalue weighted by Gasteiger charge is -2.31. The summed E-state index contributed by atoms with van der Waals surface area (Å²) in [5.74, 6) is 1.38. The molecule has 2 heteroatoms. The smallest absolute Gasteiger partial charge is 0.0483 e. The van der Waals surface area contributed by atoms with Crippen molar-refractivity contribution in [2.45, 2.75) is 45.4 Å². The predicted octanol–water partition coefficient (Wildman–Crippen LogP) is 2.75. The molecule has 0 bridgehead atoms. The lowest BCUT2D eigenvalue weighted by atomic mass is 9.76. The molecule has 0 saturated heterocycles. The molecule has 1 aliphatic carbocycles. The van der Waals surface area contributed by atoms with E-state index in [1.165, 1.54) is 25.7 Å². The lowest BCUT2D eigenvalue weighted by Crippen LogP contribution is -2.26. The van der Waals surface area contributed by atoms with Crippen molar-refractivity contribution in [2.24, 2.45) is 17.8 Å². The van der Waals surface area contributed by atoms with Crippen LogP contribution in [-0.4, -0.2) is 23.4 Å². The van der Waals surface area contributed by atoms with Crippen LogP contribution in [0.4, 0.5) is 0 Å². The molecular formula is C14H26O2. The number of aliphatic hydroxyl groups is 2. The first-order chi connectivity index (χ1) is 7.81. The van der Waals surface area contributed by atoms with Crippen LogP contribution in [0.25, 0.3) is 0 Å². The van der Waals surface area contributed by atoms with Crippen molar-refractivity contribution in [3.63, 3.8) is 0 Å². The number of rotatable bonds is 6. The van der Waals surface area contributed by atoms with E-state index in [-0.39, 0.29) is 19.1 Å². The number of aliphatic hydroxyl groups excluding tert-OH is 2. The number of hydrogen-bond acceptors (Lipinski definition) is 2. The van der Waals surface area contributed by atoms with Crippen molar-refractivity contribution < 1.29 is 10.2 Å². The van der Waals surface area contributed by atoms with E-state index in [1.54, 1.807) is 0 Å². The van der Waals surface area contributed by atoms with Gasteiger partial charge in [0.05, 0.1) is 0 Å². The summed E-state index contributed by atoms with van der Waals surface area (Å²) in [7, 11) is 0. The van der Waals surface area contributed by atoms with Gasteiger partial charge in [0.15, 0.2) is 0 Å². The van der Waals surface area contributed by atoms with E-state index < -0.39 is 0 Å². The first-order valence-electron chi connectivity index (χ1n) is 6.70. The van der Waals surface area contributed by atoms with Crippen LogP contribution in [-0.2, 0) is 0 Å². The molecule has 0 spiro atoms. The molecular weight excluding hydrogens is 200 g/mol. The monoisotopic (exact) mass is 226 g/mol. The fraction of sp³-hybridized carbons (Fsp3) is 0.857. The highest BCUT2D eigenvalue weighted by atomic mass is 16.3. The summed E-state index contributed by atoms with van der Waals surface area (Å²) in [4.78, 5) is 0. The molecule has 0 atom stereocenters. The van der Waals surface area contributed by atoms with Gasteiger partial charge in [0.2, 0.25) is 0 Å². The zero-order valence-corrected chi connectivity index (χ0v) is 10.4. The predicted molar refractivity (Wildman–Crippen MR) is 67.2 cm³/mol. The molecule has 1 fully saturated rings. The molecule has 16 heavy (non-hydrogen) atoms. The largest absolute Gasteiger partial charge is 0.396 e. The minimum Gasteiger partial charge on any atom is -0.396 e. The van der Waals surface area contributed by atoms with Gasteiger partial charge in [0.25, 0.3) is 0 Å². The number of hydrogen-bond donors (Lipinski definition) is 2. The Bertz CT molecular complexity index is 189. The third kappa shape index (κ3) is 4.26. The van der Waals surface area contributed by atoms with Gasteiger partial charge in [-0.15, -0.1) is 0 Å². The molecule has 0 unspecified atom stereocenters. The van der Waals surface area contributed by atoms with Gasteiger partial charge in [0.1, 0.15) is 0 Å². The van der Waals surface area contributed by atoms with Crippen LogP contribution in [0.3, 0.4) is 0 Å². The van der Waals surface area contributed by atoms with Crippen LogP contribution in [0.15, 0.2) is 12.2 Å². The summed E-state index contributed by atoms with van der Waals surface area (Å²) in [6.07, 6.45) is 11.9. The highest BCUT2D eigenvalue weighted by Gasteiger charge is 2.25. The Kier molecular flexibility index (Phi) is 6.74. The fourth-order valence-electron chi connectivity index (χ4n) is 2.62. The second-order valence-corrected chi connectivity index (χ2v) is 5.02. The van der Waals surface area contributed by atoms with Crippen LogP contribution in [0, 0.1) is 17.8 Å². The van der Waals surface area contributed by atoms with E-state index in [1.807, 2.05) is 0 Å². The lowest BCUT2D eigenvalue weighted by molar-refractivity contribution is 0.0833. The average Bonchev–Trinajstić information content (AvgIpc) is 2.33. The van der Waals surface area contributed by atoms with E-state index in [4.69, 9.17) is 10.2 Å². The Morgan fingerprint density at radius 1 is 1.12 bits per heavy atom. The molecule has 1 rings (SSSR count). The van der Waals surface area contributed by atoms with Crippen molar-refractivity contribution in [3.8, 4) is 0 Å². The average molecular weight is 226 g/mol. The van der Waals surface area contributed by atoms with Gasteiger partial charge >= 0.3 is 0 Å². The Morgan fingerprint density at radius 3 is 2.25 bits per heavy atom. The first-order valence-corrected chi connectivity index (χ1v) is 6.70. The van der Waals surface area contributed by atoms with Crippen molar-refractivity contribution in [1.82, 2.24) is 0 Å². The van der Waals surface area contributed by atoms with E-state index in [2.05, 4.69) is 19.1 Å². The van der Waals surface area contributed by atoms with Crippen molar-refractivity contribution in [1.29, 1.82) is 0 Å². The Hall–Kier alpha value is -0.340. The highest BCUT2D eigenvalue weighted by Crippen LogP contribution is 2.33. The van der Waals surface area contributed by atoms with Crippen LogP contribution in [0.5, 0.6) is 0 Å². The second-order valence-electron chi connectivity index (χ2n) is 5.02. The molecule has 94 valence electrons. The molecule has 1 saturated carbocycles. The minimum atomic E-state index is 0.112. The quantitative estimate of drug-likeness (QED) is 0.684. The van der Waals surface area contributed by atoms with E-state index in [0.717, 1.165) is 18.8 Å². The van der Waals surface area contributed by atoms with Crippen LogP contribution >= 0.6 is 0 Å². The first kappa shape index (κ1) is 13.7. The molecule has 0 aromatic rings. The van der Waals surface area contributed by atoms with E-state index in [0.29, 0.717) is 5.92 Å². The maximum absolute atomic E-state index is 9.14. The molecule has 2 nitrogen and oxygen atoms in total. The number of unbranched alkanes of at least 4 members (excludes halogenated alkanes) is 1. The zero-order chi connectivity index (χ0) is 11.8. The normalized spacial score (nSPS) is 26.8. The molecule has 2 N–H and O–H groups in total. The Balaban J connectivity index is 2.27. The summed E-state index contributed by atoms with van der Waals surface area (Å²) in [6, 6.07) is 0. The van der Waals surface area contributed by atoms with Gasteiger partial charge < -0.3 is 10.2 Å². The van der Waals surface area contributed by atoms with Gasteiger partial charge in [0, 0.05) is 19.1 Å². The van der Waals surface area contributed by atoms with Gasteiger partial charge in [-0.05, 0) is 43.9 Å². The molecule has 0 aromatic heterocycles. The Labute approximate surface area is 99.4 Å². The van der Waals surface area contributed by atoms with Crippen LogP contribution < -0.4 is 0 Å². The third-order valence-corrected chi connectivity index (χ3v) is 3.82. The maximum Gasteiger partial charge on any atom is 0.0483 e. The van der Waals surface area contributed by atoms with E-state index in [9.17, 15) is 0 Å². The fourth-order valence-corrected chi connectivity index (χ4v) is 2.62. The van der Waals surface area contributed by atoms with Crippen molar-refractivity contribution >= 4 is 0 Å². The van der Waals surface area contributed by atoms with Crippen LogP contribution in [0.2, 0.25) is 0 Å². The van der Waals surface area contributed by atoms with Crippen molar-refractivity contribution in [2.75, 3.05) is 13.2 Å². The standard InChI is InChI=1S/C14H26O2/c1-2-3-4-5-12-6-8-13(9-7-12)14(10-15)11-16/h4-5,12-16H,2-3,6-11H2,1H3/b5-4+. The minimum absolute atomic E-state index is 0.112. The van der Waals surface area contributed by atoms with Gasteiger partial charge in [-0.25, -0.2) is 0 Å². The molecule has 0 amide bonds. The second kappa shape index (κ2) is 7.86. The summed E-state index contributed by atoms with van der Waals surface area (Å²) < 4.78 is 0. The molecule has 0 aromatic carbocycles. The van der Waals surface area contributed by atoms with Crippen molar-refractivity contribution in [3.05, 3.63) is 12.2 Å². The Morgan fingerprint density at radius 2 is 1.75 bits per heavy atom. The topological polar surface area (TPSA) is 40.5 Å². The zero-order valence-electron chi connectivity index (χ0n) is 10.4. The van der Waals surface area contributed by atoms with Gasteiger partial charge in [-0.1, -0.05) is 25.5 Å². The molecule has 0 heterocycles. The van der Waals surface area contributed by atoms with E-state index >= 15 is 0 Å². The van der Waals surface area contributed by atoms with Gasteiger partial charge in [-0.3, -0.25) is 0 Å². The summed E-state index contributed by atoms with van der Waals surface area (Å²) in [6.45, 7) is 2.48. The molecule has 0 aliphatic heterocycles. The summed E-state index contributed by atoms with van der Waals surface area (Å²) >= 11 is 0. The molecule has 0 radical (unpaired) electrons. The highest BCUT2D eigenvalue weighted by molar-refractivity contribution is 4.91. The molecule has 1 aliphatic rings.